The fourth-order valence-corrected chi connectivity index (χ4v) is 2.61. The van der Waals surface area contributed by atoms with Crippen LogP contribution in [-0.2, 0) is 9.59 Å². The van der Waals surface area contributed by atoms with E-state index in [4.69, 9.17) is 5.11 Å². The molecule has 1 aliphatic heterocycles. The van der Waals surface area contributed by atoms with Crippen molar-refractivity contribution in [2.45, 2.75) is 38.6 Å². The van der Waals surface area contributed by atoms with E-state index in [1.165, 1.54) is 0 Å². The van der Waals surface area contributed by atoms with Crippen LogP contribution in [0.15, 0.2) is 0 Å². The van der Waals surface area contributed by atoms with E-state index in [1.807, 2.05) is 0 Å². The number of carbonyl (C=O) groups is 2. The molecule has 18 heavy (non-hydrogen) atoms. The Labute approximate surface area is 108 Å². The molecule has 2 fully saturated rings. The molecule has 2 N–H and O–H groups in total. The van der Waals surface area contributed by atoms with Gasteiger partial charge in [-0.3, -0.25) is 9.59 Å². The van der Waals surface area contributed by atoms with E-state index in [0.29, 0.717) is 18.9 Å². The first-order valence-corrected chi connectivity index (χ1v) is 6.81. The van der Waals surface area contributed by atoms with Gasteiger partial charge in [-0.05, 0) is 25.2 Å². The first kappa shape index (κ1) is 13.3. The molecule has 2 aliphatic rings. The highest BCUT2D eigenvalue weighted by Crippen LogP contribution is 2.37. The molecule has 1 saturated carbocycles. The Morgan fingerprint density at radius 3 is 2.78 bits per heavy atom. The molecule has 1 aliphatic carbocycles. The molecule has 2 amide bonds. The second kappa shape index (κ2) is 5.69. The third-order valence-corrected chi connectivity index (χ3v) is 3.99. The van der Waals surface area contributed by atoms with E-state index >= 15 is 0 Å². The number of amides is 2. The van der Waals surface area contributed by atoms with Crippen LogP contribution in [0.5, 0.6) is 0 Å². The molecule has 0 aromatic rings. The van der Waals surface area contributed by atoms with Gasteiger partial charge in [-0.1, -0.05) is 6.92 Å². The minimum absolute atomic E-state index is 0.0170. The fourth-order valence-electron chi connectivity index (χ4n) is 2.61. The summed E-state index contributed by atoms with van der Waals surface area (Å²) in [7, 11) is 0. The molecule has 0 bridgehead atoms. The Morgan fingerprint density at radius 2 is 2.17 bits per heavy atom. The van der Waals surface area contributed by atoms with E-state index in [-0.39, 0.29) is 30.4 Å². The molecule has 2 rings (SSSR count). The van der Waals surface area contributed by atoms with Gasteiger partial charge < -0.3 is 15.3 Å². The number of rotatable bonds is 5. The Kier molecular flexibility index (Phi) is 4.22. The van der Waals surface area contributed by atoms with Gasteiger partial charge in [-0.25, -0.2) is 0 Å². The molecular weight excluding hydrogens is 232 g/mol. The summed E-state index contributed by atoms with van der Waals surface area (Å²) in [6, 6.07) is -0.0170. The van der Waals surface area contributed by atoms with Crippen LogP contribution in [-0.4, -0.2) is 47.6 Å². The van der Waals surface area contributed by atoms with Crippen molar-refractivity contribution in [3.8, 4) is 0 Å². The van der Waals surface area contributed by atoms with Crippen molar-refractivity contribution < 1.29 is 14.7 Å². The van der Waals surface area contributed by atoms with E-state index in [2.05, 4.69) is 12.2 Å². The molecule has 1 saturated heterocycles. The number of carbonyl (C=O) groups excluding carboxylic acids is 2. The molecular formula is C13H22N2O3. The maximum Gasteiger partial charge on any atom is 0.224 e. The summed E-state index contributed by atoms with van der Waals surface area (Å²) in [6.45, 7) is 3.25. The maximum atomic E-state index is 11.9. The van der Waals surface area contributed by atoms with Gasteiger partial charge in [0.2, 0.25) is 11.8 Å². The predicted molar refractivity (Wildman–Crippen MR) is 66.7 cm³/mol. The number of nitrogens with one attached hydrogen (secondary N) is 1. The lowest BCUT2D eigenvalue weighted by atomic mass is 10.2. The van der Waals surface area contributed by atoms with E-state index in [9.17, 15) is 9.59 Å². The van der Waals surface area contributed by atoms with Crippen LogP contribution in [0, 0.1) is 11.8 Å². The lowest BCUT2D eigenvalue weighted by Crippen LogP contribution is -2.39. The predicted octanol–water partition coefficient (Wildman–Crippen LogP) is 0.132. The number of aliphatic hydroxyl groups excluding tert-OH is 1. The molecule has 3 unspecified atom stereocenters. The van der Waals surface area contributed by atoms with Crippen molar-refractivity contribution in [3.05, 3.63) is 0 Å². The van der Waals surface area contributed by atoms with E-state index < -0.39 is 0 Å². The molecule has 5 nitrogen and oxygen atoms in total. The first-order valence-electron chi connectivity index (χ1n) is 6.81. The van der Waals surface area contributed by atoms with Crippen molar-refractivity contribution in [2.24, 2.45) is 11.8 Å². The van der Waals surface area contributed by atoms with Gasteiger partial charge in [0.1, 0.15) is 0 Å². The molecule has 0 aromatic carbocycles. The zero-order valence-electron chi connectivity index (χ0n) is 10.9. The number of hydrogen-bond acceptors (Lipinski definition) is 3. The van der Waals surface area contributed by atoms with Gasteiger partial charge in [-0.15, -0.1) is 0 Å². The van der Waals surface area contributed by atoms with Crippen molar-refractivity contribution >= 4 is 11.8 Å². The lowest BCUT2D eigenvalue weighted by Gasteiger charge is -2.23. The van der Waals surface area contributed by atoms with Crippen molar-refractivity contribution in [1.82, 2.24) is 10.2 Å². The summed E-state index contributed by atoms with van der Waals surface area (Å²) in [5.74, 6) is 0.779. The van der Waals surface area contributed by atoms with Crippen LogP contribution >= 0.6 is 0 Å². The Morgan fingerprint density at radius 1 is 1.44 bits per heavy atom. The number of hydrogen-bond donors (Lipinski definition) is 2. The van der Waals surface area contributed by atoms with Gasteiger partial charge in [0.15, 0.2) is 0 Å². The van der Waals surface area contributed by atoms with E-state index in [0.717, 1.165) is 25.8 Å². The van der Waals surface area contributed by atoms with Crippen LogP contribution < -0.4 is 5.32 Å². The minimum Gasteiger partial charge on any atom is -0.394 e. The Hall–Kier alpha value is -1.10. The average Bonchev–Trinajstić information content (AvgIpc) is 2.92. The topological polar surface area (TPSA) is 69.6 Å². The summed E-state index contributed by atoms with van der Waals surface area (Å²) in [6.07, 6.45) is 3.15. The average molecular weight is 254 g/mol. The first-order chi connectivity index (χ1) is 8.63. The second-order valence-electron chi connectivity index (χ2n) is 5.43. The van der Waals surface area contributed by atoms with Gasteiger partial charge in [0.25, 0.3) is 0 Å². The van der Waals surface area contributed by atoms with Crippen LogP contribution in [0.1, 0.15) is 32.6 Å². The molecule has 5 heteroatoms. The molecule has 0 radical (unpaired) electrons. The number of likely N-dealkylation sites (tertiary alicyclic amines) is 1. The largest absolute Gasteiger partial charge is 0.394 e. The zero-order chi connectivity index (χ0) is 13.1. The second-order valence-corrected chi connectivity index (χ2v) is 5.43. The molecule has 102 valence electrons. The molecule has 3 atom stereocenters. The maximum absolute atomic E-state index is 11.9. The summed E-state index contributed by atoms with van der Waals surface area (Å²) in [5, 5.41) is 12.0. The quantitative estimate of drug-likeness (QED) is 0.733. The highest BCUT2D eigenvalue weighted by Gasteiger charge is 2.38. The summed E-state index contributed by atoms with van der Waals surface area (Å²) >= 11 is 0. The van der Waals surface area contributed by atoms with Crippen molar-refractivity contribution in [3.63, 3.8) is 0 Å². The monoisotopic (exact) mass is 254 g/mol. The highest BCUT2D eigenvalue weighted by atomic mass is 16.3. The van der Waals surface area contributed by atoms with Crippen LogP contribution in [0.3, 0.4) is 0 Å². The van der Waals surface area contributed by atoms with Crippen LogP contribution in [0.2, 0.25) is 0 Å². The van der Waals surface area contributed by atoms with E-state index in [1.54, 1.807) is 4.90 Å². The smallest absolute Gasteiger partial charge is 0.224 e. The molecule has 0 spiro atoms. The standard InChI is InChI=1S/C13H22N2O3/c1-9-7-11(9)13(18)14-5-4-12(17)15-6-2-3-10(15)8-16/h9-11,16H,2-8H2,1H3,(H,14,18). The molecule has 0 aromatic heterocycles. The van der Waals surface area contributed by atoms with Crippen LogP contribution in [0.4, 0.5) is 0 Å². The van der Waals surface area contributed by atoms with Gasteiger partial charge >= 0.3 is 0 Å². The zero-order valence-corrected chi connectivity index (χ0v) is 10.9. The summed E-state index contributed by atoms with van der Waals surface area (Å²) in [4.78, 5) is 25.2. The van der Waals surface area contributed by atoms with Gasteiger partial charge in [-0.2, -0.15) is 0 Å². The van der Waals surface area contributed by atoms with Gasteiger partial charge in [0.05, 0.1) is 12.6 Å². The number of nitrogens with zero attached hydrogens (tertiary/aromatic N) is 1. The van der Waals surface area contributed by atoms with Crippen LogP contribution in [0.25, 0.3) is 0 Å². The Bertz CT molecular complexity index is 332. The van der Waals surface area contributed by atoms with Crippen molar-refractivity contribution in [2.75, 3.05) is 19.7 Å². The van der Waals surface area contributed by atoms with Crippen molar-refractivity contribution in [1.29, 1.82) is 0 Å². The third-order valence-electron chi connectivity index (χ3n) is 3.99. The SMILES string of the molecule is CC1CC1C(=O)NCCC(=O)N1CCCC1CO. The molecule has 1 heterocycles. The normalized spacial score (nSPS) is 30.3. The summed E-state index contributed by atoms with van der Waals surface area (Å²) in [5.41, 5.74) is 0. The minimum atomic E-state index is -0.0170. The summed E-state index contributed by atoms with van der Waals surface area (Å²) < 4.78 is 0. The lowest BCUT2D eigenvalue weighted by molar-refractivity contribution is -0.132. The fraction of sp³-hybridized carbons (Fsp3) is 0.846. The Balaban J connectivity index is 1.67. The number of aliphatic hydroxyl groups is 1. The van der Waals surface area contributed by atoms with Gasteiger partial charge in [0, 0.05) is 25.4 Å². The third kappa shape index (κ3) is 3.02. The highest BCUT2D eigenvalue weighted by molar-refractivity contribution is 5.82.